The van der Waals surface area contributed by atoms with E-state index in [4.69, 9.17) is 38.0 Å². The highest BCUT2D eigenvalue weighted by Crippen LogP contribution is 2.39. The highest BCUT2D eigenvalue weighted by Gasteiger charge is 2.18. The molecule has 22 heavy (non-hydrogen) atoms. The van der Waals surface area contributed by atoms with E-state index in [-0.39, 0.29) is 12.9 Å². The molecule has 3 rings (SSSR count). The van der Waals surface area contributed by atoms with Crippen LogP contribution in [0, 0.1) is 0 Å². The average molecular weight is 342 g/mol. The number of hydrazone groups is 1. The van der Waals surface area contributed by atoms with Crippen LogP contribution in [-0.4, -0.2) is 37.4 Å². The Kier molecular flexibility index (Phi) is 4.97. The molecule has 0 unspecified atom stereocenters. The summed E-state index contributed by atoms with van der Waals surface area (Å²) in [7, 11) is 0. The zero-order valence-corrected chi connectivity index (χ0v) is 13.4. The summed E-state index contributed by atoms with van der Waals surface area (Å²) in [4.78, 5) is 0. The Morgan fingerprint density at radius 2 is 2.36 bits per heavy atom. The molecule has 0 aromatic heterocycles. The maximum absolute atomic E-state index is 6.10. The van der Waals surface area contributed by atoms with Crippen LogP contribution >= 0.6 is 23.8 Å². The molecule has 8 heteroatoms. The second-order valence-corrected chi connectivity index (χ2v) is 5.77. The number of hydrogen-bond acceptors (Lipinski definition) is 5. The molecule has 0 amide bonds. The highest BCUT2D eigenvalue weighted by molar-refractivity contribution is 7.80. The van der Waals surface area contributed by atoms with Crippen molar-refractivity contribution in [3.8, 4) is 11.5 Å². The standard InChI is InChI=1S/C14H16ClN3O3S/c15-11-4-9(5-12-13(11)21-8-20-12)6-17-18-14(22)16-7-10-2-1-3-19-10/h4-6,10H,1-3,7-8H2,(H2,16,18,22)/b17-6-/t10-/m1/s1. The normalized spacial score (nSPS) is 19.6. The van der Waals surface area contributed by atoms with Crippen LogP contribution in [0.1, 0.15) is 18.4 Å². The smallest absolute Gasteiger partial charge is 0.231 e. The van der Waals surface area contributed by atoms with Gasteiger partial charge in [-0.15, -0.1) is 0 Å². The first kappa shape index (κ1) is 15.3. The zero-order chi connectivity index (χ0) is 15.4. The van der Waals surface area contributed by atoms with Crippen LogP contribution in [0.2, 0.25) is 5.02 Å². The number of fused-ring (bicyclic) bond motifs is 1. The summed E-state index contributed by atoms with van der Waals surface area (Å²) < 4.78 is 16.1. The molecule has 0 radical (unpaired) electrons. The molecule has 0 bridgehead atoms. The number of ether oxygens (including phenoxy) is 3. The second-order valence-electron chi connectivity index (χ2n) is 4.95. The monoisotopic (exact) mass is 341 g/mol. The number of rotatable bonds is 4. The van der Waals surface area contributed by atoms with Crippen LogP contribution in [0.4, 0.5) is 0 Å². The van der Waals surface area contributed by atoms with Crippen molar-refractivity contribution in [2.45, 2.75) is 18.9 Å². The summed E-state index contributed by atoms with van der Waals surface area (Å²) in [6.07, 6.45) is 4.02. The van der Waals surface area contributed by atoms with Crippen molar-refractivity contribution in [1.82, 2.24) is 10.7 Å². The maximum atomic E-state index is 6.10. The quantitative estimate of drug-likeness (QED) is 0.496. The van der Waals surface area contributed by atoms with Crippen LogP contribution < -0.4 is 20.2 Å². The lowest BCUT2D eigenvalue weighted by Gasteiger charge is -2.11. The minimum absolute atomic E-state index is 0.186. The largest absolute Gasteiger partial charge is 0.454 e. The molecule has 2 N–H and O–H groups in total. The predicted molar refractivity (Wildman–Crippen MR) is 87.9 cm³/mol. The third kappa shape index (κ3) is 3.79. The third-order valence-corrected chi connectivity index (χ3v) is 3.86. The molecule has 0 aliphatic carbocycles. The van der Waals surface area contributed by atoms with Gasteiger partial charge in [0.15, 0.2) is 16.6 Å². The Bertz CT molecular complexity index is 591. The van der Waals surface area contributed by atoms with Crippen molar-refractivity contribution < 1.29 is 14.2 Å². The Hall–Kier alpha value is -1.57. The molecule has 1 aromatic rings. The van der Waals surface area contributed by atoms with Gasteiger partial charge in [-0.25, -0.2) is 0 Å². The fourth-order valence-corrected chi connectivity index (χ4v) is 2.69. The van der Waals surface area contributed by atoms with Gasteiger partial charge in [0.1, 0.15) is 0 Å². The molecular weight excluding hydrogens is 326 g/mol. The van der Waals surface area contributed by atoms with Crippen LogP contribution in [-0.2, 0) is 4.74 Å². The second kappa shape index (κ2) is 7.13. The van der Waals surface area contributed by atoms with E-state index in [1.165, 1.54) is 0 Å². The van der Waals surface area contributed by atoms with E-state index in [9.17, 15) is 0 Å². The van der Waals surface area contributed by atoms with Gasteiger partial charge in [0.25, 0.3) is 0 Å². The first-order valence-corrected chi connectivity index (χ1v) is 7.78. The highest BCUT2D eigenvalue weighted by atomic mass is 35.5. The summed E-state index contributed by atoms with van der Waals surface area (Å²) in [5, 5.41) is 8.11. The Morgan fingerprint density at radius 3 is 3.18 bits per heavy atom. The van der Waals surface area contributed by atoms with E-state index in [0.29, 0.717) is 28.2 Å². The van der Waals surface area contributed by atoms with Crippen molar-refractivity contribution in [3.63, 3.8) is 0 Å². The molecule has 6 nitrogen and oxygen atoms in total. The minimum Gasteiger partial charge on any atom is -0.454 e. The topological polar surface area (TPSA) is 64.1 Å². The number of hydrogen-bond donors (Lipinski definition) is 2. The first-order chi connectivity index (χ1) is 10.7. The van der Waals surface area contributed by atoms with Gasteiger partial charge in [-0.05, 0) is 42.8 Å². The summed E-state index contributed by atoms with van der Waals surface area (Å²) in [6.45, 7) is 1.71. The van der Waals surface area contributed by atoms with E-state index in [1.54, 1.807) is 12.3 Å². The number of halogens is 1. The number of nitrogens with one attached hydrogen (secondary N) is 2. The molecule has 1 fully saturated rings. The SMILES string of the molecule is S=C(NC[C@H]1CCCO1)N/N=C\c1cc(Cl)c2c(c1)OCO2. The van der Waals surface area contributed by atoms with Gasteiger partial charge in [0.05, 0.1) is 17.3 Å². The molecule has 118 valence electrons. The average Bonchev–Trinajstić information content (AvgIpc) is 3.16. The Morgan fingerprint density at radius 1 is 1.45 bits per heavy atom. The molecule has 0 saturated carbocycles. The van der Waals surface area contributed by atoms with E-state index in [1.807, 2.05) is 6.07 Å². The summed E-state index contributed by atoms with van der Waals surface area (Å²) in [6, 6.07) is 3.56. The van der Waals surface area contributed by atoms with E-state index in [0.717, 1.165) is 25.0 Å². The molecule has 1 atom stereocenters. The van der Waals surface area contributed by atoms with Crippen molar-refractivity contribution in [1.29, 1.82) is 0 Å². The van der Waals surface area contributed by atoms with Gasteiger partial charge in [-0.1, -0.05) is 11.6 Å². The van der Waals surface area contributed by atoms with Gasteiger partial charge in [-0.2, -0.15) is 5.10 Å². The zero-order valence-electron chi connectivity index (χ0n) is 11.8. The summed E-state index contributed by atoms with van der Waals surface area (Å²) in [5.74, 6) is 1.19. The van der Waals surface area contributed by atoms with Crippen molar-refractivity contribution >= 4 is 35.1 Å². The van der Waals surface area contributed by atoms with E-state index in [2.05, 4.69) is 15.8 Å². The van der Waals surface area contributed by atoms with Gasteiger partial charge in [0.2, 0.25) is 6.79 Å². The van der Waals surface area contributed by atoms with Gasteiger partial charge < -0.3 is 19.5 Å². The minimum atomic E-state index is 0.186. The lowest BCUT2D eigenvalue weighted by atomic mass is 10.2. The summed E-state index contributed by atoms with van der Waals surface area (Å²) in [5.41, 5.74) is 3.56. The lowest BCUT2D eigenvalue weighted by molar-refractivity contribution is 0.114. The van der Waals surface area contributed by atoms with E-state index >= 15 is 0 Å². The molecule has 0 spiro atoms. The molecular formula is C14H16ClN3O3S. The fraction of sp³-hybridized carbons (Fsp3) is 0.429. The molecule has 1 saturated heterocycles. The number of nitrogens with zero attached hydrogens (tertiary/aromatic N) is 1. The van der Waals surface area contributed by atoms with Gasteiger partial charge >= 0.3 is 0 Å². The summed E-state index contributed by atoms with van der Waals surface area (Å²) >= 11 is 11.2. The molecule has 2 heterocycles. The predicted octanol–water partition coefficient (Wildman–Crippen LogP) is 2.05. The third-order valence-electron chi connectivity index (χ3n) is 3.34. The number of benzene rings is 1. The van der Waals surface area contributed by atoms with Crippen molar-refractivity contribution in [3.05, 3.63) is 22.7 Å². The van der Waals surface area contributed by atoms with Crippen LogP contribution in [0.15, 0.2) is 17.2 Å². The van der Waals surface area contributed by atoms with Crippen LogP contribution in [0.3, 0.4) is 0 Å². The van der Waals surface area contributed by atoms with Gasteiger partial charge in [-0.3, -0.25) is 5.43 Å². The van der Waals surface area contributed by atoms with Crippen molar-refractivity contribution in [2.75, 3.05) is 19.9 Å². The molecule has 2 aliphatic heterocycles. The maximum Gasteiger partial charge on any atom is 0.231 e. The Labute approximate surface area is 138 Å². The van der Waals surface area contributed by atoms with Crippen molar-refractivity contribution in [2.24, 2.45) is 5.10 Å². The lowest BCUT2D eigenvalue weighted by Crippen LogP contribution is -2.37. The molecule has 1 aromatic carbocycles. The van der Waals surface area contributed by atoms with E-state index < -0.39 is 0 Å². The fourth-order valence-electron chi connectivity index (χ4n) is 2.28. The van der Waals surface area contributed by atoms with Crippen LogP contribution in [0.25, 0.3) is 0 Å². The van der Waals surface area contributed by atoms with Gasteiger partial charge in [0, 0.05) is 13.2 Å². The number of thiocarbonyl (C=S) groups is 1. The first-order valence-electron chi connectivity index (χ1n) is 7.00. The molecule has 2 aliphatic rings. The van der Waals surface area contributed by atoms with Crippen LogP contribution in [0.5, 0.6) is 11.5 Å². The Balaban J connectivity index is 1.49.